The molecular weight excluding hydrogens is 529 g/mol. The van der Waals surface area contributed by atoms with Crippen LogP contribution in [0.3, 0.4) is 0 Å². The molecule has 1 N–H and O–H groups in total. The van der Waals surface area contributed by atoms with Gasteiger partial charge >= 0.3 is 24.5 Å². The summed E-state index contributed by atoms with van der Waals surface area (Å²) in [7, 11) is 0. The van der Waals surface area contributed by atoms with E-state index in [9.17, 15) is 44.3 Å². The Morgan fingerprint density at radius 2 is 1.45 bits per heavy atom. The van der Waals surface area contributed by atoms with Crippen molar-refractivity contribution < 1.29 is 49.4 Å². The van der Waals surface area contributed by atoms with Crippen LogP contribution in [0.4, 0.5) is 39.5 Å². The zero-order valence-electron chi connectivity index (χ0n) is 20.1. The van der Waals surface area contributed by atoms with Crippen LogP contribution in [0.15, 0.2) is 42.5 Å². The van der Waals surface area contributed by atoms with Crippen molar-refractivity contribution in [3.63, 3.8) is 0 Å². The number of carboxylic acids is 1. The summed E-state index contributed by atoms with van der Waals surface area (Å²) in [5.74, 6) is -1.19. The van der Waals surface area contributed by atoms with Gasteiger partial charge in [0.1, 0.15) is 0 Å². The van der Waals surface area contributed by atoms with Crippen molar-refractivity contribution in [2.24, 2.45) is 5.92 Å². The van der Waals surface area contributed by atoms with Crippen LogP contribution >= 0.6 is 0 Å². The molecule has 0 spiro atoms. The zero-order chi connectivity index (χ0) is 28.3. The Labute approximate surface area is 213 Å². The Balaban J connectivity index is 1.72. The molecule has 0 radical (unpaired) electrons. The van der Waals surface area contributed by atoms with Gasteiger partial charge in [0, 0.05) is 12.5 Å². The standard InChI is InChI=1S/C26H26F9NO2/c27-24(28,29)19-6-4-17(5-7-19)22-13-16(14-23(37)38)10-12-36(22)11-2-1-3-18-15-20(25(30,31)32)8-9-21(18)26(33,34)35/h4-9,15-16,22H,1-3,10-14H2,(H,37,38)/t16-,22-/m0/s1. The summed E-state index contributed by atoms with van der Waals surface area (Å²) in [6, 6.07) is 5.53. The number of hydrogen-bond acceptors (Lipinski definition) is 2. The summed E-state index contributed by atoms with van der Waals surface area (Å²) < 4.78 is 118. The summed E-state index contributed by atoms with van der Waals surface area (Å²) in [5, 5.41) is 9.16. The Bertz CT molecular complexity index is 1090. The van der Waals surface area contributed by atoms with E-state index in [1.807, 2.05) is 4.90 Å². The van der Waals surface area contributed by atoms with Crippen LogP contribution in [0.1, 0.15) is 66.0 Å². The molecule has 38 heavy (non-hydrogen) atoms. The second-order valence-corrected chi connectivity index (χ2v) is 9.48. The lowest BCUT2D eigenvalue weighted by Gasteiger charge is -2.39. The van der Waals surface area contributed by atoms with Gasteiger partial charge in [0.15, 0.2) is 0 Å². The fourth-order valence-electron chi connectivity index (χ4n) is 4.91. The summed E-state index contributed by atoms with van der Waals surface area (Å²) in [5.41, 5.74) is -3.00. The highest BCUT2D eigenvalue weighted by atomic mass is 19.4. The molecule has 1 saturated heterocycles. The third-order valence-corrected chi connectivity index (χ3v) is 6.79. The third kappa shape index (κ3) is 7.87. The predicted molar refractivity (Wildman–Crippen MR) is 120 cm³/mol. The van der Waals surface area contributed by atoms with Crippen molar-refractivity contribution in [2.45, 2.75) is 63.1 Å². The first-order valence-corrected chi connectivity index (χ1v) is 12.0. The van der Waals surface area contributed by atoms with Crippen molar-refractivity contribution in [1.29, 1.82) is 0 Å². The minimum Gasteiger partial charge on any atom is -0.481 e. The number of alkyl halides is 9. The summed E-state index contributed by atoms with van der Waals surface area (Å²) in [6.45, 7) is 0.771. The molecule has 0 unspecified atom stereocenters. The van der Waals surface area contributed by atoms with Gasteiger partial charge in [0.2, 0.25) is 0 Å². The number of rotatable bonds is 8. The quantitative estimate of drug-likeness (QED) is 0.265. The fourth-order valence-corrected chi connectivity index (χ4v) is 4.91. The van der Waals surface area contributed by atoms with Gasteiger partial charge in [-0.05, 0) is 92.6 Å². The molecule has 2 aromatic carbocycles. The first-order chi connectivity index (χ1) is 17.6. The SMILES string of the molecule is O=C(O)C[C@H]1CCN(CCCCc2cc(C(F)(F)F)ccc2C(F)(F)F)[C@H](c2ccc(C(F)(F)F)cc2)C1. The van der Waals surface area contributed by atoms with Crippen molar-refractivity contribution in [3.8, 4) is 0 Å². The molecular formula is C26H26F9NO2. The second-order valence-electron chi connectivity index (χ2n) is 9.48. The lowest BCUT2D eigenvalue weighted by molar-refractivity contribution is -0.141. The van der Waals surface area contributed by atoms with Crippen LogP contribution in [0.5, 0.6) is 0 Å². The molecule has 3 nitrogen and oxygen atoms in total. The van der Waals surface area contributed by atoms with Gasteiger partial charge in [0.25, 0.3) is 0 Å². The van der Waals surface area contributed by atoms with Crippen LogP contribution < -0.4 is 0 Å². The monoisotopic (exact) mass is 555 g/mol. The number of unbranched alkanes of at least 4 members (excludes halogenated alkanes) is 1. The van der Waals surface area contributed by atoms with Crippen LogP contribution in [-0.2, 0) is 29.7 Å². The van der Waals surface area contributed by atoms with Crippen LogP contribution in [0.2, 0.25) is 0 Å². The van der Waals surface area contributed by atoms with Gasteiger partial charge in [-0.1, -0.05) is 12.1 Å². The normalized spacial score (nSPS) is 19.5. The Morgan fingerprint density at radius 3 is 2.00 bits per heavy atom. The van der Waals surface area contributed by atoms with E-state index in [0.29, 0.717) is 56.1 Å². The lowest BCUT2D eigenvalue weighted by Crippen LogP contribution is -2.38. The van der Waals surface area contributed by atoms with E-state index in [1.54, 1.807) is 0 Å². The topological polar surface area (TPSA) is 40.5 Å². The van der Waals surface area contributed by atoms with Gasteiger partial charge in [0.05, 0.1) is 16.7 Å². The molecule has 1 aliphatic rings. The maximum atomic E-state index is 13.3. The molecule has 1 aliphatic heterocycles. The van der Waals surface area contributed by atoms with Gasteiger partial charge in [-0.15, -0.1) is 0 Å². The Morgan fingerprint density at radius 1 is 0.842 bits per heavy atom. The van der Waals surface area contributed by atoms with Crippen LogP contribution in [0.25, 0.3) is 0 Å². The van der Waals surface area contributed by atoms with Gasteiger partial charge in [-0.25, -0.2) is 0 Å². The first kappa shape index (κ1) is 29.8. The molecule has 0 saturated carbocycles. The number of likely N-dealkylation sites (tertiary alicyclic amines) is 1. The van der Waals surface area contributed by atoms with E-state index < -0.39 is 52.8 Å². The van der Waals surface area contributed by atoms with Gasteiger partial charge in [-0.2, -0.15) is 39.5 Å². The van der Waals surface area contributed by atoms with Crippen molar-refractivity contribution in [3.05, 3.63) is 70.3 Å². The number of halogens is 9. The maximum Gasteiger partial charge on any atom is 0.416 e. The van der Waals surface area contributed by atoms with E-state index in [1.165, 1.54) is 12.1 Å². The molecule has 2 atom stereocenters. The molecule has 0 amide bonds. The summed E-state index contributed by atoms with van der Waals surface area (Å²) >= 11 is 0. The molecule has 0 aromatic heterocycles. The van der Waals surface area contributed by atoms with Crippen molar-refractivity contribution >= 4 is 5.97 Å². The van der Waals surface area contributed by atoms with E-state index in [4.69, 9.17) is 5.11 Å². The number of aryl methyl sites for hydroxylation is 1. The minimum atomic E-state index is -4.81. The molecule has 0 bridgehead atoms. The van der Waals surface area contributed by atoms with E-state index in [2.05, 4.69) is 0 Å². The van der Waals surface area contributed by atoms with Gasteiger partial charge in [-0.3, -0.25) is 9.69 Å². The third-order valence-electron chi connectivity index (χ3n) is 6.79. The smallest absolute Gasteiger partial charge is 0.416 e. The van der Waals surface area contributed by atoms with Crippen molar-refractivity contribution in [1.82, 2.24) is 4.90 Å². The van der Waals surface area contributed by atoms with E-state index in [-0.39, 0.29) is 25.2 Å². The van der Waals surface area contributed by atoms with Crippen LogP contribution in [0, 0.1) is 5.92 Å². The lowest BCUT2D eigenvalue weighted by atomic mass is 9.85. The second kappa shape index (κ2) is 11.5. The average molecular weight is 555 g/mol. The fraction of sp³-hybridized carbons (Fsp3) is 0.500. The molecule has 210 valence electrons. The predicted octanol–water partition coefficient (Wildman–Crippen LogP) is 7.99. The highest BCUT2D eigenvalue weighted by Crippen LogP contribution is 2.39. The molecule has 1 fully saturated rings. The van der Waals surface area contributed by atoms with Gasteiger partial charge < -0.3 is 5.11 Å². The number of aliphatic carboxylic acids is 1. The molecule has 3 rings (SSSR count). The zero-order valence-corrected chi connectivity index (χ0v) is 20.1. The number of hydrogen-bond donors (Lipinski definition) is 1. The molecule has 2 aromatic rings. The van der Waals surface area contributed by atoms with Crippen LogP contribution in [-0.4, -0.2) is 29.1 Å². The number of nitrogens with zero attached hydrogens (tertiary/aromatic N) is 1. The first-order valence-electron chi connectivity index (χ1n) is 12.0. The minimum absolute atomic E-state index is 0.0965. The Kier molecular flexibility index (Phi) is 9.05. The Hall–Kier alpha value is -2.76. The largest absolute Gasteiger partial charge is 0.481 e. The van der Waals surface area contributed by atoms with E-state index >= 15 is 0 Å². The molecule has 1 heterocycles. The number of benzene rings is 2. The van der Waals surface area contributed by atoms with Crippen molar-refractivity contribution in [2.75, 3.05) is 13.1 Å². The molecule has 12 heteroatoms. The number of carbonyl (C=O) groups is 1. The maximum absolute atomic E-state index is 13.3. The summed E-state index contributed by atoms with van der Waals surface area (Å²) in [4.78, 5) is 13.1. The number of piperidine rings is 1. The number of carboxylic acid groups (broad SMARTS) is 1. The van der Waals surface area contributed by atoms with E-state index in [0.717, 1.165) is 12.1 Å². The molecule has 0 aliphatic carbocycles. The highest BCUT2D eigenvalue weighted by Gasteiger charge is 2.37. The average Bonchev–Trinajstić information content (AvgIpc) is 2.80. The summed E-state index contributed by atoms with van der Waals surface area (Å²) in [6.07, 6.45) is -13.1. The highest BCUT2D eigenvalue weighted by molar-refractivity contribution is 5.67.